The molecular formula is C24H27N3O6S. The predicted molar refractivity (Wildman–Crippen MR) is 124 cm³/mol. The molecular weight excluding hydrogens is 458 g/mol. The van der Waals surface area contributed by atoms with E-state index < -0.39 is 34.5 Å². The van der Waals surface area contributed by atoms with Gasteiger partial charge in [-0.15, -0.1) is 0 Å². The number of benzene rings is 2. The molecule has 2 amide bonds. The summed E-state index contributed by atoms with van der Waals surface area (Å²) in [5.74, 6) is -1.55. The van der Waals surface area contributed by atoms with Gasteiger partial charge in [0.15, 0.2) is 6.61 Å². The number of carbonyl (C=O) groups is 3. The number of nitrogens with zero attached hydrogens (tertiary/aromatic N) is 1. The van der Waals surface area contributed by atoms with E-state index in [1.54, 1.807) is 42.5 Å². The number of hydrogen-bond donors (Lipinski definition) is 2. The number of esters is 1. The van der Waals surface area contributed by atoms with Gasteiger partial charge in [-0.05, 0) is 62.4 Å². The molecule has 1 saturated heterocycles. The largest absolute Gasteiger partial charge is 0.454 e. The molecule has 34 heavy (non-hydrogen) atoms. The third kappa shape index (κ3) is 5.81. The summed E-state index contributed by atoms with van der Waals surface area (Å²) < 4.78 is 32.4. The van der Waals surface area contributed by atoms with Crippen molar-refractivity contribution in [1.29, 1.82) is 0 Å². The summed E-state index contributed by atoms with van der Waals surface area (Å²) in [5, 5.41) is 5.48. The average molecular weight is 486 g/mol. The summed E-state index contributed by atoms with van der Waals surface area (Å²) in [5.41, 5.74) is 0.820. The van der Waals surface area contributed by atoms with E-state index in [1.165, 1.54) is 12.1 Å². The third-order valence-corrected chi connectivity index (χ3v) is 7.66. The molecule has 1 aliphatic heterocycles. The van der Waals surface area contributed by atoms with E-state index in [1.807, 2.05) is 0 Å². The van der Waals surface area contributed by atoms with Gasteiger partial charge in [-0.3, -0.25) is 14.4 Å². The molecule has 0 aromatic heterocycles. The minimum atomic E-state index is -3.87. The molecule has 9 nitrogen and oxygen atoms in total. The van der Waals surface area contributed by atoms with Crippen LogP contribution in [-0.4, -0.2) is 55.7 Å². The molecule has 10 heteroatoms. The SMILES string of the molecule is O=C(COC(=O)C1CCCCN1S(=O)(=O)c1ccccc1)Nc1cccc(C(=O)NC2CC2)c1. The van der Waals surface area contributed by atoms with Gasteiger partial charge < -0.3 is 15.4 Å². The lowest BCUT2D eigenvalue weighted by atomic mass is 10.1. The van der Waals surface area contributed by atoms with Crippen LogP contribution in [0.5, 0.6) is 0 Å². The molecule has 1 unspecified atom stereocenters. The van der Waals surface area contributed by atoms with Crippen LogP contribution in [0.25, 0.3) is 0 Å². The first kappa shape index (κ1) is 23.9. The van der Waals surface area contributed by atoms with Gasteiger partial charge in [-0.1, -0.05) is 24.3 Å². The van der Waals surface area contributed by atoms with Gasteiger partial charge in [-0.25, -0.2) is 8.42 Å². The quantitative estimate of drug-likeness (QED) is 0.554. The Morgan fingerprint density at radius 1 is 0.971 bits per heavy atom. The van der Waals surface area contributed by atoms with E-state index in [4.69, 9.17) is 4.74 Å². The second-order valence-electron chi connectivity index (χ2n) is 8.42. The molecule has 1 saturated carbocycles. The molecule has 180 valence electrons. The highest BCUT2D eigenvalue weighted by atomic mass is 32.2. The fourth-order valence-electron chi connectivity index (χ4n) is 3.82. The molecule has 0 spiro atoms. The normalized spacial score (nSPS) is 18.6. The number of carbonyl (C=O) groups excluding carboxylic acids is 3. The van der Waals surface area contributed by atoms with Crippen LogP contribution in [0.3, 0.4) is 0 Å². The van der Waals surface area contributed by atoms with Crippen LogP contribution in [0.1, 0.15) is 42.5 Å². The minimum Gasteiger partial charge on any atom is -0.454 e. The molecule has 0 radical (unpaired) electrons. The fraction of sp³-hybridized carbons (Fsp3) is 0.375. The van der Waals surface area contributed by atoms with E-state index >= 15 is 0 Å². The van der Waals surface area contributed by atoms with E-state index in [0.717, 1.165) is 17.1 Å². The van der Waals surface area contributed by atoms with Gasteiger partial charge in [0.1, 0.15) is 6.04 Å². The number of anilines is 1. The summed E-state index contributed by atoms with van der Waals surface area (Å²) in [4.78, 5) is 37.4. The Morgan fingerprint density at radius 2 is 1.74 bits per heavy atom. The first-order valence-corrected chi connectivity index (χ1v) is 12.7. The monoisotopic (exact) mass is 485 g/mol. The van der Waals surface area contributed by atoms with Crippen molar-refractivity contribution in [2.24, 2.45) is 0 Å². The first-order chi connectivity index (χ1) is 16.3. The van der Waals surface area contributed by atoms with Crippen LogP contribution >= 0.6 is 0 Å². The zero-order valence-electron chi connectivity index (χ0n) is 18.6. The van der Waals surface area contributed by atoms with Crippen LogP contribution in [0.15, 0.2) is 59.5 Å². The molecule has 0 bridgehead atoms. The van der Waals surface area contributed by atoms with Crippen molar-refractivity contribution in [2.45, 2.75) is 49.1 Å². The number of amides is 2. The maximum absolute atomic E-state index is 13.0. The molecule has 1 atom stereocenters. The topological polar surface area (TPSA) is 122 Å². The van der Waals surface area contributed by atoms with E-state index in [-0.39, 0.29) is 23.4 Å². The lowest BCUT2D eigenvalue weighted by Gasteiger charge is -2.32. The zero-order chi connectivity index (χ0) is 24.1. The first-order valence-electron chi connectivity index (χ1n) is 11.3. The Hall–Kier alpha value is -3.24. The highest BCUT2D eigenvalue weighted by Gasteiger charge is 2.38. The van der Waals surface area contributed by atoms with Crippen LogP contribution in [-0.2, 0) is 24.3 Å². The number of nitrogens with one attached hydrogen (secondary N) is 2. The Morgan fingerprint density at radius 3 is 2.47 bits per heavy atom. The minimum absolute atomic E-state index is 0.109. The highest BCUT2D eigenvalue weighted by molar-refractivity contribution is 7.89. The van der Waals surface area contributed by atoms with Gasteiger partial charge >= 0.3 is 5.97 Å². The van der Waals surface area contributed by atoms with Crippen LogP contribution in [0.4, 0.5) is 5.69 Å². The Balaban J connectivity index is 1.35. The predicted octanol–water partition coefficient (Wildman–Crippen LogP) is 2.30. The summed E-state index contributed by atoms with van der Waals surface area (Å²) in [7, 11) is -3.87. The second-order valence-corrected chi connectivity index (χ2v) is 10.3. The van der Waals surface area contributed by atoms with Crippen molar-refractivity contribution in [3.8, 4) is 0 Å². The van der Waals surface area contributed by atoms with Gasteiger partial charge in [-0.2, -0.15) is 4.31 Å². The summed E-state index contributed by atoms with van der Waals surface area (Å²) in [6.07, 6.45) is 3.59. The molecule has 4 rings (SSSR count). The van der Waals surface area contributed by atoms with Crippen molar-refractivity contribution in [1.82, 2.24) is 9.62 Å². The van der Waals surface area contributed by atoms with Gasteiger partial charge in [0.25, 0.3) is 11.8 Å². The average Bonchev–Trinajstić information content (AvgIpc) is 3.67. The number of sulfonamides is 1. The van der Waals surface area contributed by atoms with E-state index in [0.29, 0.717) is 30.5 Å². The molecule has 1 heterocycles. The van der Waals surface area contributed by atoms with Crippen LogP contribution in [0, 0.1) is 0 Å². The number of ether oxygens (including phenoxy) is 1. The van der Waals surface area contributed by atoms with Crippen molar-refractivity contribution < 1.29 is 27.5 Å². The van der Waals surface area contributed by atoms with E-state index in [2.05, 4.69) is 10.6 Å². The third-order valence-electron chi connectivity index (χ3n) is 5.74. The summed E-state index contributed by atoms with van der Waals surface area (Å²) >= 11 is 0. The maximum Gasteiger partial charge on any atom is 0.324 e. The van der Waals surface area contributed by atoms with Crippen molar-refractivity contribution in [3.63, 3.8) is 0 Å². The Labute approximate surface area is 198 Å². The molecule has 2 N–H and O–H groups in total. The lowest BCUT2D eigenvalue weighted by molar-refractivity contribution is -0.152. The van der Waals surface area contributed by atoms with Crippen molar-refractivity contribution in [2.75, 3.05) is 18.5 Å². The lowest BCUT2D eigenvalue weighted by Crippen LogP contribution is -2.48. The number of rotatable bonds is 8. The Kier molecular flexibility index (Phi) is 7.28. The molecule has 2 fully saturated rings. The highest BCUT2D eigenvalue weighted by Crippen LogP contribution is 2.26. The van der Waals surface area contributed by atoms with Gasteiger partial charge in [0, 0.05) is 23.8 Å². The van der Waals surface area contributed by atoms with Gasteiger partial charge in [0.05, 0.1) is 4.90 Å². The number of hydrogen-bond acceptors (Lipinski definition) is 6. The van der Waals surface area contributed by atoms with E-state index in [9.17, 15) is 22.8 Å². The Bertz CT molecular complexity index is 1160. The van der Waals surface area contributed by atoms with Gasteiger partial charge in [0.2, 0.25) is 10.0 Å². The smallest absolute Gasteiger partial charge is 0.324 e. The zero-order valence-corrected chi connectivity index (χ0v) is 19.4. The molecule has 2 aromatic rings. The van der Waals surface area contributed by atoms with Crippen LogP contribution < -0.4 is 10.6 Å². The molecule has 2 aromatic carbocycles. The molecule has 2 aliphatic rings. The van der Waals surface area contributed by atoms with Crippen molar-refractivity contribution >= 4 is 33.5 Å². The second kappa shape index (κ2) is 10.4. The summed E-state index contributed by atoms with van der Waals surface area (Å²) in [6, 6.07) is 13.6. The standard InChI is InChI=1S/C24H27N3O6S/c28-22(25-19-8-6-7-17(15-19)23(29)26-18-12-13-18)16-33-24(30)21-11-4-5-14-27(21)34(31,32)20-9-2-1-3-10-20/h1-3,6-10,15,18,21H,4-5,11-14,16H2,(H,25,28)(H,26,29). The number of piperidine rings is 1. The van der Waals surface area contributed by atoms with Crippen molar-refractivity contribution in [3.05, 3.63) is 60.2 Å². The molecule has 1 aliphatic carbocycles. The summed E-state index contributed by atoms with van der Waals surface area (Å²) in [6.45, 7) is -0.355. The van der Waals surface area contributed by atoms with Crippen LogP contribution in [0.2, 0.25) is 0 Å². The maximum atomic E-state index is 13.0. The fourth-order valence-corrected chi connectivity index (χ4v) is 5.49.